The van der Waals surface area contributed by atoms with Crippen LogP contribution in [0.15, 0.2) is 24.3 Å². The smallest absolute Gasteiger partial charge is 0.318 e. The van der Waals surface area contributed by atoms with Crippen LogP contribution in [-0.4, -0.2) is 46.7 Å². The summed E-state index contributed by atoms with van der Waals surface area (Å²) in [5.41, 5.74) is 2.32. The Kier molecular flexibility index (Phi) is 4.70. The third-order valence-electron chi connectivity index (χ3n) is 4.35. The summed E-state index contributed by atoms with van der Waals surface area (Å²) in [4.78, 5) is 14.2. The molecule has 0 saturated carbocycles. The largest absolute Gasteiger partial charge is 0.394 e. The molecule has 1 aromatic carbocycles. The van der Waals surface area contributed by atoms with Crippen molar-refractivity contribution in [2.24, 2.45) is 0 Å². The maximum absolute atomic E-state index is 12.4. The van der Waals surface area contributed by atoms with E-state index in [4.69, 9.17) is 0 Å². The van der Waals surface area contributed by atoms with Crippen LogP contribution in [0, 0.1) is 0 Å². The molecule has 21 heavy (non-hydrogen) atoms. The molecule has 3 rings (SSSR count). The standard InChI is InChI=1S/C16H22N2O2S/c19-11-15-14-6-2-1-4-12(14)7-8-18(15)16(20)17-10-13-5-3-9-21-13/h1-2,4,6,13,15,19H,3,5,7-11H2,(H,17,20)/t13-,15-/m0/s1. The number of nitrogens with zero attached hydrogens (tertiary/aromatic N) is 1. The molecule has 5 heteroatoms. The Balaban J connectivity index is 1.65. The molecule has 1 fully saturated rings. The third kappa shape index (κ3) is 3.19. The van der Waals surface area contributed by atoms with Crippen molar-refractivity contribution in [3.63, 3.8) is 0 Å². The van der Waals surface area contributed by atoms with E-state index in [-0.39, 0.29) is 18.7 Å². The highest BCUT2D eigenvalue weighted by Gasteiger charge is 2.30. The highest BCUT2D eigenvalue weighted by Crippen LogP contribution is 2.29. The van der Waals surface area contributed by atoms with E-state index in [9.17, 15) is 9.90 Å². The van der Waals surface area contributed by atoms with Gasteiger partial charge in [0.25, 0.3) is 0 Å². The zero-order chi connectivity index (χ0) is 14.7. The molecular formula is C16H22N2O2S. The van der Waals surface area contributed by atoms with Crippen LogP contribution in [-0.2, 0) is 6.42 Å². The van der Waals surface area contributed by atoms with Crippen LogP contribution in [0.25, 0.3) is 0 Å². The second-order valence-corrected chi connectivity index (χ2v) is 7.07. The van der Waals surface area contributed by atoms with E-state index in [1.165, 1.54) is 24.2 Å². The number of hydrogen-bond acceptors (Lipinski definition) is 3. The van der Waals surface area contributed by atoms with Crippen molar-refractivity contribution < 1.29 is 9.90 Å². The van der Waals surface area contributed by atoms with Crippen molar-refractivity contribution in [2.45, 2.75) is 30.6 Å². The molecule has 2 heterocycles. The van der Waals surface area contributed by atoms with E-state index in [0.29, 0.717) is 11.8 Å². The van der Waals surface area contributed by atoms with Gasteiger partial charge in [-0.2, -0.15) is 11.8 Å². The normalized spacial score (nSPS) is 24.7. The summed E-state index contributed by atoms with van der Waals surface area (Å²) in [6, 6.07) is 7.82. The number of carbonyl (C=O) groups is 1. The Bertz CT molecular complexity index is 503. The average molecular weight is 306 g/mol. The molecule has 0 spiro atoms. The average Bonchev–Trinajstić information content (AvgIpc) is 3.04. The number of rotatable bonds is 3. The highest BCUT2D eigenvalue weighted by molar-refractivity contribution is 8.00. The van der Waals surface area contributed by atoms with Crippen LogP contribution in [0.2, 0.25) is 0 Å². The molecule has 0 bridgehead atoms. The quantitative estimate of drug-likeness (QED) is 0.900. The van der Waals surface area contributed by atoms with Gasteiger partial charge < -0.3 is 15.3 Å². The summed E-state index contributed by atoms with van der Waals surface area (Å²) >= 11 is 1.94. The van der Waals surface area contributed by atoms with E-state index in [0.717, 1.165) is 18.5 Å². The van der Waals surface area contributed by atoms with Crippen molar-refractivity contribution >= 4 is 17.8 Å². The lowest BCUT2D eigenvalue weighted by molar-refractivity contribution is 0.127. The zero-order valence-corrected chi connectivity index (χ0v) is 12.9. The fourth-order valence-electron chi connectivity index (χ4n) is 3.20. The minimum atomic E-state index is -0.216. The summed E-state index contributed by atoms with van der Waals surface area (Å²) < 4.78 is 0. The van der Waals surface area contributed by atoms with Crippen molar-refractivity contribution in [2.75, 3.05) is 25.4 Å². The summed E-state index contributed by atoms with van der Waals surface area (Å²) in [5.74, 6) is 1.21. The van der Waals surface area contributed by atoms with Crippen LogP contribution in [0.4, 0.5) is 4.79 Å². The number of carbonyl (C=O) groups excluding carboxylic acids is 1. The first-order valence-electron chi connectivity index (χ1n) is 7.64. The van der Waals surface area contributed by atoms with E-state index >= 15 is 0 Å². The molecule has 2 N–H and O–H groups in total. The molecule has 1 saturated heterocycles. The number of amides is 2. The first-order chi connectivity index (χ1) is 10.3. The van der Waals surface area contributed by atoms with Gasteiger partial charge >= 0.3 is 6.03 Å². The number of benzene rings is 1. The molecule has 0 unspecified atom stereocenters. The Morgan fingerprint density at radius 3 is 3.05 bits per heavy atom. The monoisotopic (exact) mass is 306 g/mol. The van der Waals surface area contributed by atoms with E-state index in [1.807, 2.05) is 30.0 Å². The van der Waals surface area contributed by atoms with Gasteiger partial charge in [-0.05, 0) is 36.1 Å². The van der Waals surface area contributed by atoms with Crippen LogP contribution in [0.1, 0.15) is 30.0 Å². The summed E-state index contributed by atoms with van der Waals surface area (Å²) in [6.45, 7) is 1.38. The molecular weight excluding hydrogens is 284 g/mol. The summed E-state index contributed by atoms with van der Waals surface area (Å²) in [5, 5.41) is 13.3. The van der Waals surface area contributed by atoms with Crippen LogP contribution in [0.5, 0.6) is 0 Å². The number of urea groups is 1. The zero-order valence-electron chi connectivity index (χ0n) is 12.1. The van der Waals surface area contributed by atoms with Gasteiger partial charge in [0, 0.05) is 18.3 Å². The number of thioether (sulfide) groups is 1. The molecule has 1 aromatic rings. The second-order valence-electron chi connectivity index (χ2n) is 5.66. The van der Waals surface area contributed by atoms with Gasteiger partial charge in [0.15, 0.2) is 0 Å². The van der Waals surface area contributed by atoms with Gasteiger partial charge in [-0.15, -0.1) is 0 Å². The first kappa shape index (κ1) is 14.7. The lowest BCUT2D eigenvalue weighted by atomic mass is 9.93. The lowest BCUT2D eigenvalue weighted by Gasteiger charge is -2.36. The predicted molar refractivity (Wildman–Crippen MR) is 85.6 cm³/mol. The minimum absolute atomic E-state index is 0.0252. The lowest BCUT2D eigenvalue weighted by Crippen LogP contribution is -2.48. The van der Waals surface area contributed by atoms with E-state index in [2.05, 4.69) is 11.4 Å². The number of aliphatic hydroxyl groups is 1. The van der Waals surface area contributed by atoms with Crippen molar-refractivity contribution in [3.8, 4) is 0 Å². The van der Waals surface area contributed by atoms with Gasteiger partial charge in [0.05, 0.1) is 12.6 Å². The highest BCUT2D eigenvalue weighted by atomic mass is 32.2. The molecule has 0 aliphatic carbocycles. The molecule has 114 valence electrons. The van der Waals surface area contributed by atoms with Crippen LogP contribution < -0.4 is 5.32 Å². The summed E-state index contributed by atoms with van der Waals surface area (Å²) in [7, 11) is 0. The minimum Gasteiger partial charge on any atom is -0.394 e. The van der Waals surface area contributed by atoms with Gasteiger partial charge in [-0.1, -0.05) is 24.3 Å². The van der Waals surface area contributed by atoms with E-state index in [1.54, 1.807) is 4.90 Å². The fourth-order valence-corrected chi connectivity index (χ4v) is 4.40. The summed E-state index contributed by atoms with van der Waals surface area (Å²) in [6.07, 6.45) is 3.30. The molecule has 2 aliphatic heterocycles. The van der Waals surface area contributed by atoms with Gasteiger partial charge in [-0.25, -0.2) is 4.79 Å². The molecule has 2 atom stereocenters. The maximum atomic E-state index is 12.4. The molecule has 2 aliphatic rings. The first-order valence-corrected chi connectivity index (χ1v) is 8.69. The SMILES string of the molecule is O=C(NC[C@@H]1CCCS1)N1CCc2ccccc2[C@@H]1CO. The Morgan fingerprint density at radius 2 is 2.29 bits per heavy atom. The predicted octanol–water partition coefficient (Wildman–Crippen LogP) is 2.18. The van der Waals surface area contributed by atoms with Crippen LogP contribution in [0.3, 0.4) is 0 Å². The molecule has 4 nitrogen and oxygen atoms in total. The van der Waals surface area contributed by atoms with E-state index < -0.39 is 0 Å². The Labute approximate surface area is 129 Å². The number of aliphatic hydroxyl groups excluding tert-OH is 1. The van der Waals surface area contributed by atoms with Gasteiger partial charge in [-0.3, -0.25) is 0 Å². The van der Waals surface area contributed by atoms with Crippen molar-refractivity contribution in [1.29, 1.82) is 0 Å². The van der Waals surface area contributed by atoms with Gasteiger partial charge in [0.2, 0.25) is 0 Å². The molecule has 0 aromatic heterocycles. The van der Waals surface area contributed by atoms with Gasteiger partial charge in [0.1, 0.15) is 0 Å². The van der Waals surface area contributed by atoms with Crippen LogP contribution >= 0.6 is 11.8 Å². The molecule has 0 radical (unpaired) electrons. The molecule has 2 amide bonds. The number of nitrogens with one attached hydrogen (secondary N) is 1. The fraction of sp³-hybridized carbons (Fsp3) is 0.562. The number of fused-ring (bicyclic) bond motifs is 1. The Hall–Kier alpha value is -1.20. The number of hydrogen-bond donors (Lipinski definition) is 2. The van der Waals surface area contributed by atoms with Crippen molar-refractivity contribution in [3.05, 3.63) is 35.4 Å². The maximum Gasteiger partial charge on any atom is 0.318 e. The van der Waals surface area contributed by atoms with Crippen molar-refractivity contribution in [1.82, 2.24) is 10.2 Å². The topological polar surface area (TPSA) is 52.6 Å². The second kappa shape index (κ2) is 6.71. The Morgan fingerprint density at radius 1 is 1.43 bits per heavy atom. The third-order valence-corrected chi connectivity index (χ3v) is 5.75.